The van der Waals surface area contributed by atoms with Crippen molar-refractivity contribution in [2.24, 2.45) is 0 Å². The van der Waals surface area contributed by atoms with Crippen LogP contribution in [0.5, 0.6) is 0 Å². The highest BCUT2D eigenvalue weighted by Crippen LogP contribution is 2.31. The average Bonchev–Trinajstić information content (AvgIpc) is 3.26. The number of rotatable bonds is 7. The number of anilines is 2. The second kappa shape index (κ2) is 10.6. The maximum atomic E-state index is 15.0. The first kappa shape index (κ1) is 25.9. The van der Waals surface area contributed by atoms with Gasteiger partial charge in [0.2, 0.25) is 5.95 Å². The molecule has 1 aromatic carbocycles. The Balaban J connectivity index is 1.39. The van der Waals surface area contributed by atoms with Gasteiger partial charge in [-0.3, -0.25) is 4.90 Å². The normalized spacial score (nSPS) is 15.2. The fourth-order valence-electron chi connectivity index (χ4n) is 5.16. The van der Waals surface area contributed by atoms with Crippen molar-refractivity contribution in [3.63, 3.8) is 0 Å². The van der Waals surface area contributed by atoms with Crippen LogP contribution in [0.1, 0.15) is 57.5 Å². The van der Waals surface area contributed by atoms with Crippen LogP contribution in [0.3, 0.4) is 0 Å². The Kier molecular flexibility index (Phi) is 7.21. The van der Waals surface area contributed by atoms with Crippen LogP contribution in [-0.4, -0.2) is 49.0 Å². The van der Waals surface area contributed by atoms with E-state index in [9.17, 15) is 8.78 Å². The van der Waals surface area contributed by atoms with Crippen molar-refractivity contribution in [1.82, 2.24) is 29.4 Å². The van der Waals surface area contributed by atoms with Crippen LogP contribution in [0.15, 0.2) is 48.3 Å². The predicted molar refractivity (Wildman–Crippen MR) is 147 cm³/mol. The quantitative estimate of drug-likeness (QED) is 0.280. The summed E-state index contributed by atoms with van der Waals surface area (Å²) < 4.78 is 31.7. The van der Waals surface area contributed by atoms with Crippen LogP contribution in [0.25, 0.3) is 22.3 Å². The van der Waals surface area contributed by atoms with Crippen LogP contribution in [0.4, 0.5) is 20.5 Å². The molecule has 7 nitrogen and oxygen atoms in total. The zero-order valence-electron chi connectivity index (χ0n) is 22.5. The van der Waals surface area contributed by atoms with Gasteiger partial charge in [0.15, 0.2) is 11.6 Å². The molecule has 4 aromatic rings. The molecule has 4 heterocycles. The van der Waals surface area contributed by atoms with E-state index in [1.165, 1.54) is 11.6 Å². The Morgan fingerprint density at radius 3 is 2.50 bits per heavy atom. The Bertz CT molecular complexity index is 1490. The molecule has 1 N–H and O–H groups in total. The fraction of sp³-hybridized carbons (Fsp3) is 0.379. The molecule has 0 radical (unpaired) electrons. The highest BCUT2D eigenvalue weighted by atomic mass is 19.1. The average molecular weight is 518 g/mol. The molecule has 1 aliphatic heterocycles. The fourth-order valence-corrected chi connectivity index (χ4v) is 5.16. The van der Waals surface area contributed by atoms with E-state index in [4.69, 9.17) is 0 Å². The molecule has 198 valence electrons. The molecule has 1 atom stereocenters. The lowest BCUT2D eigenvalue weighted by atomic mass is 9.90. The number of likely N-dealkylation sites (N-methyl/N-ethyl adjacent to an activating group) is 1. The Morgan fingerprint density at radius 2 is 1.84 bits per heavy atom. The van der Waals surface area contributed by atoms with E-state index in [2.05, 4.69) is 50.1 Å². The van der Waals surface area contributed by atoms with E-state index in [1.54, 1.807) is 6.07 Å². The molecular formula is C29H33F2N7. The summed E-state index contributed by atoms with van der Waals surface area (Å²) in [6.07, 6.45) is 6.32. The zero-order valence-corrected chi connectivity index (χ0v) is 22.5. The second-order valence-corrected chi connectivity index (χ2v) is 10.1. The van der Waals surface area contributed by atoms with Gasteiger partial charge in [0, 0.05) is 36.8 Å². The van der Waals surface area contributed by atoms with Gasteiger partial charge in [-0.2, -0.15) is 0 Å². The lowest BCUT2D eigenvalue weighted by Gasteiger charge is -2.27. The Hall–Kier alpha value is -3.72. The van der Waals surface area contributed by atoms with Crippen molar-refractivity contribution in [2.75, 3.05) is 25.0 Å². The number of nitrogens with zero attached hydrogens (tertiary/aromatic N) is 6. The summed E-state index contributed by atoms with van der Waals surface area (Å²) in [4.78, 5) is 19.8. The number of fused-ring (bicyclic) bond motifs is 1. The third kappa shape index (κ3) is 5.03. The standard InChI is InChI=1S/C29H33F2N7/c1-6-37-11-9-20(10-12-37)18(4)21-7-8-26(32-15-21)35-29-33-16-24(31)27(36-29)22-13-23(30)28-25(14-22)38(17(2)3)19(5)34-28/h7-9,13-18H,6,10-12H2,1-5H3,(H,32,33,35,36)/t18-/m1/s1. The van der Waals surface area contributed by atoms with Crippen LogP contribution in [0.2, 0.25) is 0 Å². The molecule has 0 amide bonds. The van der Waals surface area contributed by atoms with Gasteiger partial charge in [-0.15, -0.1) is 0 Å². The summed E-state index contributed by atoms with van der Waals surface area (Å²) in [6.45, 7) is 13.4. The minimum absolute atomic E-state index is 0.00746. The predicted octanol–water partition coefficient (Wildman–Crippen LogP) is 6.55. The first-order valence-corrected chi connectivity index (χ1v) is 13.1. The van der Waals surface area contributed by atoms with E-state index < -0.39 is 11.6 Å². The molecule has 0 aliphatic carbocycles. The molecule has 0 spiro atoms. The summed E-state index contributed by atoms with van der Waals surface area (Å²) in [5, 5.41) is 3.05. The van der Waals surface area contributed by atoms with E-state index in [0.29, 0.717) is 22.7 Å². The molecule has 0 saturated heterocycles. The van der Waals surface area contributed by atoms with Gasteiger partial charge >= 0.3 is 0 Å². The van der Waals surface area contributed by atoms with Crippen molar-refractivity contribution in [3.05, 3.63) is 71.3 Å². The molecular weight excluding hydrogens is 484 g/mol. The minimum atomic E-state index is -0.638. The molecule has 0 fully saturated rings. The Labute approximate surface area is 221 Å². The van der Waals surface area contributed by atoms with Gasteiger partial charge in [-0.05, 0) is 57.5 Å². The molecule has 0 unspecified atom stereocenters. The number of benzene rings is 1. The molecule has 1 aliphatic rings. The number of imidazole rings is 1. The lowest BCUT2D eigenvalue weighted by Crippen LogP contribution is -2.29. The van der Waals surface area contributed by atoms with E-state index in [0.717, 1.165) is 37.8 Å². The number of halogens is 2. The van der Waals surface area contributed by atoms with E-state index >= 15 is 0 Å². The van der Waals surface area contributed by atoms with Gasteiger partial charge < -0.3 is 9.88 Å². The number of pyridine rings is 1. The van der Waals surface area contributed by atoms with Gasteiger partial charge in [0.05, 0.1) is 11.7 Å². The van der Waals surface area contributed by atoms with Gasteiger partial charge in [0.25, 0.3) is 0 Å². The first-order chi connectivity index (χ1) is 18.2. The number of hydrogen-bond donors (Lipinski definition) is 1. The van der Waals surface area contributed by atoms with Crippen molar-refractivity contribution in [2.45, 2.75) is 53.0 Å². The topological polar surface area (TPSA) is 71.8 Å². The van der Waals surface area contributed by atoms with Crippen LogP contribution < -0.4 is 5.32 Å². The minimum Gasteiger partial charge on any atom is -0.326 e. The number of aromatic nitrogens is 5. The first-order valence-electron chi connectivity index (χ1n) is 13.1. The summed E-state index contributed by atoms with van der Waals surface area (Å²) in [5.74, 6) is 0.553. The smallest absolute Gasteiger partial charge is 0.229 e. The van der Waals surface area contributed by atoms with Crippen molar-refractivity contribution >= 4 is 22.8 Å². The summed E-state index contributed by atoms with van der Waals surface area (Å²) >= 11 is 0. The second-order valence-electron chi connectivity index (χ2n) is 10.1. The molecule has 0 saturated carbocycles. The highest BCUT2D eigenvalue weighted by molar-refractivity contribution is 5.83. The van der Waals surface area contributed by atoms with Gasteiger partial charge in [-0.25, -0.2) is 28.7 Å². The van der Waals surface area contributed by atoms with Gasteiger partial charge in [-0.1, -0.05) is 31.6 Å². The third-order valence-corrected chi connectivity index (χ3v) is 7.32. The monoisotopic (exact) mass is 517 g/mol. The van der Waals surface area contributed by atoms with Crippen LogP contribution in [-0.2, 0) is 0 Å². The number of hydrogen-bond acceptors (Lipinski definition) is 6. The highest BCUT2D eigenvalue weighted by Gasteiger charge is 2.19. The summed E-state index contributed by atoms with van der Waals surface area (Å²) in [7, 11) is 0. The third-order valence-electron chi connectivity index (χ3n) is 7.32. The molecule has 9 heteroatoms. The SMILES string of the molecule is CCN1CC=C([C@@H](C)c2ccc(Nc3ncc(F)c(-c4cc(F)c5nc(C)n(C(C)C)c5c4)n3)nc2)CC1. The molecule has 3 aromatic heterocycles. The van der Waals surface area contributed by atoms with Crippen molar-refractivity contribution in [3.8, 4) is 11.3 Å². The molecule has 0 bridgehead atoms. The Morgan fingerprint density at radius 1 is 1.03 bits per heavy atom. The van der Waals surface area contributed by atoms with Crippen LogP contribution >= 0.6 is 0 Å². The largest absolute Gasteiger partial charge is 0.326 e. The summed E-state index contributed by atoms with van der Waals surface area (Å²) in [6, 6.07) is 6.97. The summed E-state index contributed by atoms with van der Waals surface area (Å²) in [5.41, 5.74) is 3.75. The van der Waals surface area contributed by atoms with Crippen molar-refractivity contribution < 1.29 is 8.78 Å². The van der Waals surface area contributed by atoms with E-state index in [-0.39, 0.29) is 29.1 Å². The molecule has 5 rings (SSSR count). The maximum Gasteiger partial charge on any atom is 0.229 e. The van der Waals surface area contributed by atoms with Crippen LogP contribution in [0, 0.1) is 18.6 Å². The lowest BCUT2D eigenvalue weighted by molar-refractivity contribution is 0.306. The maximum absolute atomic E-state index is 15.0. The number of aryl methyl sites for hydroxylation is 1. The van der Waals surface area contributed by atoms with E-state index in [1.807, 2.05) is 43.7 Å². The van der Waals surface area contributed by atoms with Gasteiger partial charge in [0.1, 0.15) is 22.9 Å². The number of nitrogens with one attached hydrogen (secondary N) is 1. The molecule has 38 heavy (non-hydrogen) atoms. The zero-order chi connectivity index (χ0) is 27.0. The van der Waals surface area contributed by atoms with Crippen molar-refractivity contribution in [1.29, 1.82) is 0 Å².